The Hall–Kier alpha value is -2.64. The van der Waals surface area contributed by atoms with Gasteiger partial charge < -0.3 is 9.57 Å². The van der Waals surface area contributed by atoms with Crippen LogP contribution in [0, 0.1) is 0 Å². The molecule has 1 aromatic heterocycles. The van der Waals surface area contributed by atoms with Gasteiger partial charge in [-0.3, -0.25) is 0 Å². The maximum Gasteiger partial charge on any atom is 0.368 e. The van der Waals surface area contributed by atoms with Crippen molar-refractivity contribution in [2.24, 2.45) is 12.2 Å². The summed E-state index contributed by atoms with van der Waals surface area (Å²) < 4.78 is 7.44. The maximum atomic E-state index is 12.2. The van der Waals surface area contributed by atoms with Crippen LogP contribution in [-0.2, 0) is 23.2 Å². The molecule has 8 heteroatoms. The molecule has 0 amide bonds. The zero-order valence-corrected chi connectivity index (χ0v) is 13.4. The first-order valence-electron chi connectivity index (χ1n) is 7.43. The summed E-state index contributed by atoms with van der Waals surface area (Å²) in [5.74, 6) is 0.945. The van der Waals surface area contributed by atoms with Gasteiger partial charge in [-0.1, -0.05) is 17.3 Å². The Balaban J connectivity index is 2.00. The van der Waals surface area contributed by atoms with E-state index >= 15 is 0 Å². The molecule has 0 radical (unpaired) electrons. The molecule has 1 aromatic carbocycles. The van der Waals surface area contributed by atoms with Gasteiger partial charge in [-0.25, -0.2) is 4.79 Å². The molecule has 0 unspecified atom stereocenters. The van der Waals surface area contributed by atoms with Crippen LogP contribution < -0.4 is 5.69 Å². The van der Waals surface area contributed by atoms with Crippen molar-refractivity contribution in [2.45, 2.75) is 32.3 Å². The smallest absolute Gasteiger partial charge is 0.368 e. The largest absolute Gasteiger partial charge is 0.482 e. The fourth-order valence-corrected chi connectivity index (χ4v) is 2.41. The molecular weight excluding hydrogens is 298 g/mol. The van der Waals surface area contributed by atoms with Crippen LogP contribution in [0.25, 0.3) is 5.69 Å². The van der Waals surface area contributed by atoms with Crippen molar-refractivity contribution in [3.8, 4) is 5.69 Å². The van der Waals surface area contributed by atoms with Crippen molar-refractivity contribution in [2.75, 3.05) is 7.11 Å². The van der Waals surface area contributed by atoms with Crippen LogP contribution >= 0.6 is 0 Å². The number of hydrogen-bond acceptors (Lipinski definition) is 6. The van der Waals surface area contributed by atoms with E-state index in [4.69, 9.17) is 9.57 Å². The lowest BCUT2D eigenvalue weighted by atomic mass is 10.0. The van der Waals surface area contributed by atoms with Gasteiger partial charge in [0.2, 0.25) is 5.90 Å². The second-order valence-corrected chi connectivity index (χ2v) is 5.50. The van der Waals surface area contributed by atoms with Crippen LogP contribution in [0.3, 0.4) is 0 Å². The van der Waals surface area contributed by atoms with Crippen LogP contribution in [0.1, 0.15) is 36.8 Å². The minimum atomic E-state index is -0.296. The van der Waals surface area contributed by atoms with Gasteiger partial charge >= 0.3 is 5.69 Å². The van der Waals surface area contributed by atoms with E-state index in [0.717, 1.165) is 18.4 Å². The lowest BCUT2D eigenvalue weighted by Gasteiger charge is -2.12. The predicted molar refractivity (Wildman–Crippen MR) is 83.5 cm³/mol. The van der Waals surface area contributed by atoms with Gasteiger partial charge in [-0.15, -0.1) is 0 Å². The Bertz CT molecular complexity index is 789. The molecule has 0 bridgehead atoms. The third-order valence-corrected chi connectivity index (χ3v) is 3.85. The molecule has 3 rings (SSSR count). The lowest BCUT2D eigenvalue weighted by Crippen LogP contribution is -2.23. The van der Waals surface area contributed by atoms with Crippen molar-refractivity contribution in [1.82, 2.24) is 19.8 Å². The standard InChI is InChI=1S/C15H19N5O3/c1-10(22-3)16-23-9-13-12(11-7-8-11)5-4-6-14(13)20-15(21)19(2)17-18-20/h4-6,11H,7-9H2,1-3H3. The predicted octanol–water partition coefficient (Wildman–Crippen LogP) is 1.34. The van der Waals surface area contributed by atoms with Gasteiger partial charge in [-0.2, -0.15) is 9.36 Å². The first-order valence-corrected chi connectivity index (χ1v) is 7.43. The van der Waals surface area contributed by atoms with Gasteiger partial charge in [0.05, 0.1) is 12.8 Å². The van der Waals surface area contributed by atoms with E-state index in [1.165, 1.54) is 22.0 Å². The average molecular weight is 317 g/mol. The quantitative estimate of drug-likeness (QED) is 0.472. The zero-order valence-electron chi connectivity index (χ0n) is 13.4. The van der Waals surface area contributed by atoms with E-state index in [0.29, 0.717) is 17.5 Å². The van der Waals surface area contributed by atoms with E-state index in [1.807, 2.05) is 12.1 Å². The van der Waals surface area contributed by atoms with Crippen molar-refractivity contribution >= 4 is 5.90 Å². The van der Waals surface area contributed by atoms with Gasteiger partial charge in [0.15, 0.2) is 0 Å². The minimum Gasteiger partial charge on any atom is -0.482 e. The van der Waals surface area contributed by atoms with Gasteiger partial charge in [0.1, 0.15) is 6.61 Å². The van der Waals surface area contributed by atoms with E-state index in [1.54, 1.807) is 14.0 Å². The number of ether oxygens (including phenoxy) is 1. The number of hydrogen-bond donors (Lipinski definition) is 0. The minimum absolute atomic E-state index is 0.242. The van der Waals surface area contributed by atoms with Crippen LogP contribution in [-0.4, -0.2) is 32.8 Å². The first-order chi connectivity index (χ1) is 11.1. The number of aromatic nitrogens is 4. The molecule has 1 saturated carbocycles. The van der Waals surface area contributed by atoms with Crippen LogP contribution in [0.4, 0.5) is 0 Å². The normalized spacial score (nSPS) is 14.8. The molecular formula is C15H19N5O3. The third kappa shape index (κ3) is 3.10. The fourth-order valence-electron chi connectivity index (χ4n) is 2.41. The van der Waals surface area contributed by atoms with Gasteiger partial charge in [-0.05, 0) is 40.8 Å². The Labute approximate surface area is 133 Å². The summed E-state index contributed by atoms with van der Waals surface area (Å²) in [6, 6.07) is 5.83. The maximum absolute atomic E-state index is 12.2. The average Bonchev–Trinajstić information content (AvgIpc) is 3.35. The van der Waals surface area contributed by atoms with Crippen LogP contribution in [0.5, 0.6) is 0 Å². The molecule has 0 N–H and O–H groups in total. The highest BCUT2D eigenvalue weighted by molar-refractivity contribution is 5.72. The summed E-state index contributed by atoms with van der Waals surface area (Å²) >= 11 is 0. The van der Waals surface area contributed by atoms with E-state index < -0.39 is 0 Å². The second kappa shape index (κ2) is 6.23. The topological polar surface area (TPSA) is 83.5 Å². The zero-order chi connectivity index (χ0) is 16.4. The summed E-state index contributed by atoms with van der Waals surface area (Å²) in [5.41, 5.74) is 2.46. The van der Waals surface area contributed by atoms with Crippen molar-refractivity contribution < 1.29 is 9.57 Å². The highest BCUT2D eigenvalue weighted by Crippen LogP contribution is 2.42. The molecule has 122 valence electrons. The summed E-state index contributed by atoms with van der Waals surface area (Å²) in [6.45, 7) is 1.95. The van der Waals surface area contributed by atoms with E-state index in [2.05, 4.69) is 21.6 Å². The molecule has 1 aliphatic rings. The monoisotopic (exact) mass is 317 g/mol. The number of tetrazole rings is 1. The van der Waals surface area contributed by atoms with Gasteiger partial charge in [0, 0.05) is 19.5 Å². The lowest BCUT2D eigenvalue weighted by molar-refractivity contribution is 0.121. The number of aryl methyl sites for hydroxylation is 1. The number of rotatable bonds is 5. The summed E-state index contributed by atoms with van der Waals surface area (Å²) in [5, 5.41) is 11.6. The Morgan fingerprint density at radius 1 is 1.39 bits per heavy atom. The number of oxime groups is 1. The summed E-state index contributed by atoms with van der Waals surface area (Å²) in [7, 11) is 3.10. The second-order valence-electron chi connectivity index (χ2n) is 5.50. The molecule has 8 nitrogen and oxygen atoms in total. The fraction of sp³-hybridized carbons (Fsp3) is 0.467. The van der Waals surface area contributed by atoms with E-state index in [-0.39, 0.29) is 12.3 Å². The molecule has 1 fully saturated rings. The number of nitrogens with zero attached hydrogens (tertiary/aromatic N) is 5. The van der Waals surface area contributed by atoms with E-state index in [9.17, 15) is 4.79 Å². The van der Waals surface area contributed by atoms with Gasteiger partial charge in [0.25, 0.3) is 0 Å². The molecule has 0 aliphatic heterocycles. The Kier molecular flexibility index (Phi) is 4.14. The molecule has 0 spiro atoms. The molecule has 0 atom stereocenters. The highest BCUT2D eigenvalue weighted by atomic mass is 16.6. The highest BCUT2D eigenvalue weighted by Gasteiger charge is 2.28. The number of methoxy groups -OCH3 is 1. The first kappa shape index (κ1) is 15.3. The van der Waals surface area contributed by atoms with Crippen molar-refractivity contribution in [3.05, 3.63) is 39.8 Å². The molecule has 0 saturated heterocycles. The summed E-state index contributed by atoms with van der Waals surface area (Å²) in [4.78, 5) is 17.6. The number of benzene rings is 1. The molecule has 23 heavy (non-hydrogen) atoms. The summed E-state index contributed by atoms with van der Waals surface area (Å²) in [6.07, 6.45) is 2.29. The Morgan fingerprint density at radius 2 is 2.17 bits per heavy atom. The van der Waals surface area contributed by atoms with Crippen LogP contribution in [0.2, 0.25) is 0 Å². The molecule has 2 aromatic rings. The SMILES string of the molecule is COC(C)=NOCc1c(C2CC2)cccc1-n1nnn(C)c1=O. The molecule has 1 aliphatic carbocycles. The molecule has 1 heterocycles. The van der Waals surface area contributed by atoms with Crippen LogP contribution in [0.15, 0.2) is 28.1 Å². The third-order valence-electron chi connectivity index (χ3n) is 3.85. The van der Waals surface area contributed by atoms with Crippen molar-refractivity contribution in [1.29, 1.82) is 0 Å². The Morgan fingerprint density at radius 3 is 2.78 bits per heavy atom. The van der Waals surface area contributed by atoms with Crippen molar-refractivity contribution in [3.63, 3.8) is 0 Å².